The van der Waals surface area contributed by atoms with E-state index in [1.807, 2.05) is 0 Å². The summed E-state index contributed by atoms with van der Waals surface area (Å²) in [5, 5.41) is 12.6. The van der Waals surface area contributed by atoms with Crippen LogP contribution in [-0.2, 0) is 32.2 Å². The third-order valence-electron chi connectivity index (χ3n) is 6.26. The first-order valence-electron chi connectivity index (χ1n) is 11.4. The highest BCUT2D eigenvalue weighted by Gasteiger charge is 2.51. The van der Waals surface area contributed by atoms with Crippen LogP contribution in [-0.4, -0.2) is 36.2 Å². The lowest BCUT2D eigenvalue weighted by Crippen LogP contribution is -2.54. The number of aromatic nitrogens is 2. The van der Waals surface area contributed by atoms with Gasteiger partial charge in [-0.25, -0.2) is 18.1 Å². The Morgan fingerprint density at radius 1 is 1.25 bits per heavy atom. The van der Waals surface area contributed by atoms with Crippen molar-refractivity contribution in [2.75, 3.05) is 6.54 Å². The number of carbonyl (C=O) groups excluding carboxylic acids is 2. The summed E-state index contributed by atoms with van der Waals surface area (Å²) in [4.78, 5) is 31.5. The molecule has 36 heavy (non-hydrogen) atoms. The number of Topliss-reactive ketones (excluding diaryl/α,β-unsaturated/α-hetero) is 1. The van der Waals surface area contributed by atoms with E-state index in [1.165, 1.54) is 30.6 Å². The number of nitriles is 1. The zero-order chi connectivity index (χ0) is 25.5. The smallest absolute Gasteiger partial charge is 0.240 e. The molecule has 184 valence electrons. The summed E-state index contributed by atoms with van der Waals surface area (Å²) in [6, 6.07) is 12.6. The summed E-state index contributed by atoms with van der Waals surface area (Å²) < 4.78 is 35.6. The number of hydrogen-bond acceptors (Lipinski definition) is 7. The van der Waals surface area contributed by atoms with E-state index in [4.69, 9.17) is 4.74 Å². The van der Waals surface area contributed by atoms with Crippen LogP contribution in [0.2, 0.25) is 0 Å². The zero-order valence-electron chi connectivity index (χ0n) is 19.4. The molecule has 1 unspecified atom stereocenters. The van der Waals surface area contributed by atoms with Crippen molar-refractivity contribution in [2.24, 2.45) is 13.0 Å². The number of nitrogens with zero attached hydrogens (tertiary/aromatic N) is 3. The first-order valence-corrected chi connectivity index (χ1v) is 12.9. The Balaban J connectivity index is 1.75. The van der Waals surface area contributed by atoms with Crippen molar-refractivity contribution in [3.8, 4) is 17.6 Å². The summed E-state index contributed by atoms with van der Waals surface area (Å²) >= 11 is 0. The summed E-state index contributed by atoms with van der Waals surface area (Å²) in [5.41, 5.74) is -0.747. The van der Waals surface area contributed by atoms with Crippen molar-refractivity contribution >= 4 is 21.7 Å². The fourth-order valence-electron chi connectivity index (χ4n) is 4.29. The number of sulfonamides is 1. The topological polar surface area (TPSA) is 143 Å². The second-order valence-corrected chi connectivity index (χ2v) is 10.7. The lowest BCUT2D eigenvalue weighted by Gasteiger charge is -2.33. The Morgan fingerprint density at radius 2 is 2.06 bits per heavy atom. The van der Waals surface area contributed by atoms with Crippen molar-refractivity contribution in [2.45, 2.75) is 29.7 Å². The molecule has 2 N–H and O–H groups in total. The maximum Gasteiger partial charge on any atom is 0.240 e. The van der Waals surface area contributed by atoms with Crippen LogP contribution in [0, 0.1) is 17.2 Å². The van der Waals surface area contributed by atoms with Crippen LogP contribution in [0.5, 0.6) is 11.5 Å². The Labute approximate surface area is 208 Å². The average Bonchev–Trinajstić information content (AvgIpc) is 3.61. The molecule has 2 aromatic carbocycles. The molecular weight excluding hydrogens is 482 g/mol. The molecule has 2 heterocycles. The number of fused-ring (bicyclic) bond motifs is 4. The predicted molar refractivity (Wildman–Crippen MR) is 127 cm³/mol. The van der Waals surface area contributed by atoms with Crippen molar-refractivity contribution in [3.63, 3.8) is 0 Å². The summed E-state index contributed by atoms with van der Waals surface area (Å²) in [6.45, 7) is -0.173. The normalized spacial score (nSPS) is 21.4. The predicted octanol–water partition coefficient (Wildman–Crippen LogP) is 2.10. The fourth-order valence-corrected chi connectivity index (χ4v) is 5.36. The van der Waals surface area contributed by atoms with E-state index in [2.05, 4.69) is 21.1 Å². The number of nitrogens with one attached hydrogen (secondary N) is 2. The zero-order valence-corrected chi connectivity index (χ0v) is 20.2. The van der Waals surface area contributed by atoms with Crippen molar-refractivity contribution in [3.05, 3.63) is 71.8 Å². The molecule has 0 spiro atoms. The minimum Gasteiger partial charge on any atom is -0.456 e. The van der Waals surface area contributed by atoms with Gasteiger partial charge in [0.15, 0.2) is 11.3 Å². The molecule has 11 heteroatoms. The number of amides is 1. The first-order chi connectivity index (χ1) is 17.2. The molecule has 10 nitrogen and oxygen atoms in total. The molecule has 4 bridgehead atoms. The minimum atomic E-state index is -3.93. The van der Waals surface area contributed by atoms with E-state index in [0.29, 0.717) is 24.1 Å². The van der Waals surface area contributed by atoms with Crippen LogP contribution in [0.15, 0.2) is 59.9 Å². The standard InChI is InChI=1S/C25H23N5O5S/c1-30-14-22(27-15-30)25(24(32)16-5-6-16)18-8-7-17(13-26)21(11-18)35-19-3-2-4-20(12-19)36(33,34)28-10-9-23(31)29-25/h2-4,7-8,11-12,14-16,28H,5-6,9-10H2,1H3,(H,29,31). The number of aryl methyl sites for hydroxylation is 1. The summed E-state index contributed by atoms with van der Waals surface area (Å²) in [7, 11) is -2.18. The van der Waals surface area contributed by atoms with Crippen molar-refractivity contribution < 1.29 is 22.7 Å². The van der Waals surface area contributed by atoms with Gasteiger partial charge in [0.05, 0.1) is 22.5 Å². The van der Waals surface area contributed by atoms with Crippen molar-refractivity contribution in [1.82, 2.24) is 19.6 Å². The molecule has 5 rings (SSSR count). The van der Waals surface area contributed by atoms with Gasteiger partial charge in [-0.15, -0.1) is 0 Å². The van der Waals surface area contributed by atoms with Gasteiger partial charge in [0.1, 0.15) is 17.6 Å². The SMILES string of the molecule is Cn1cnc(C2(C(=O)C3CC3)NC(=O)CCNS(=O)(=O)c3cccc(c3)Oc3cc2ccc3C#N)c1. The van der Waals surface area contributed by atoms with Gasteiger partial charge in [-0.2, -0.15) is 5.26 Å². The van der Waals surface area contributed by atoms with Crippen LogP contribution in [0.1, 0.15) is 36.1 Å². The summed E-state index contributed by atoms with van der Waals surface area (Å²) in [5.74, 6) is -0.700. The van der Waals surface area contributed by atoms with Gasteiger partial charge in [-0.1, -0.05) is 12.1 Å². The van der Waals surface area contributed by atoms with E-state index < -0.39 is 21.5 Å². The Kier molecular flexibility index (Phi) is 5.86. The Hall–Kier alpha value is -4.01. The molecule has 0 radical (unpaired) electrons. The number of carbonyl (C=O) groups is 2. The molecule has 1 aromatic heterocycles. The number of benzene rings is 2. The first kappa shape index (κ1) is 23.7. The van der Waals surface area contributed by atoms with Gasteiger partial charge < -0.3 is 14.6 Å². The van der Waals surface area contributed by atoms with Gasteiger partial charge >= 0.3 is 0 Å². The van der Waals surface area contributed by atoms with Crippen LogP contribution < -0.4 is 14.8 Å². The molecule has 3 aromatic rings. The maximum atomic E-state index is 13.9. The van der Waals surface area contributed by atoms with Gasteiger partial charge in [0.2, 0.25) is 15.9 Å². The van der Waals surface area contributed by atoms with Crippen molar-refractivity contribution in [1.29, 1.82) is 5.26 Å². The van der Waals surface area contributed by atoms with E-state index in [1.54, 1.807) is 36.0 Å². The van der Waals surface area contributed by atoms with E-state index in [-0.39, 0.29) is 46.6 Å². The molecule has 2 aliphatic rings. The minimum absolute atomic E-state index is 0.0427. The molecule has 1 atom stereocenters. The van der Waals surface area contributed by atoms with Crippen LogP contribution in [0.4, 0.5) is 0 Å². The maximum absolute atomic E-state index is 13.9. The van der Waals surface area contributed by atoms with Gasteiger partial charge in [-0.05, 0) is 42.7 Å². The largest absolute Gasteiger partial charge is 0.456 e. The number of hydrogen-bond donors (Lipinski definition) is 2. The third-order valence-corrected chi connectivity index (χ3v) is 7.72. The van der Waals surface area contributed by atoms with E-state index in [0.717, 1.165) is 0 Å². The van der Waals surface area contributed by atoms with Crippen LogP contribution in [0.25, 0.3) is 0 Å². The lowest BCUT2D eigenvalue weighted by atomic mass is 9.80. The van der Waals surface area contributed by atoms with Crippen LogP contribution >= 0.6 is 0 Å². The number of rotatable bonds is 3. The quantitative estimate of drug-likeness (QED) is 0.555. The molecular formula is C25H23N5O5S. The second-order valence-electron chi connectivity index (χ2n) is 8.91. The van der Waals surface area contributed by atoms with Crippen LogP contribution in [0.3, 0.4) is 0 Å². The number of imidazole rings is 1. The lowest BCUT2D eigenvalue weighted by molar-refractivity contribution is -0.132. The molecule has 0 saturated heterocycles. The van der Waals surface area contributed by atoms with E-state index >= 15 is 0 Å². The fraction of sp³-hybridized carbons (Fsp3) is 0.280. The average molecular weight is 506 g/mol. The number of ether oxygens (including phenoxy) is 1. The van der Waals surface area contributed by atoms with Gasteiger partial charge in [-0.3, -0.25) is 9.59 Å². The highest BCUT2D eigenvalue weighted by Crippen LogP contribution is 2.42. The highest BCUT2D eigenvalue weighted by molar-refractivity contribution is 7.89. The highest BCUT2D eigenvalue weighted by atomic mass is 32.2. The molecule has 1 aliphatic heterocycles. The second kappa shape index (κ2) is 8.89. The molecule has 1 aliphatic carbocycles. The summed E-state index contributed by atoms with van der Waals surface area (Å²) in [6.07, 6.45) is 4.38. The molecule has 1 saturated carbocycles. The van der Waals surface area contributed by atoms with Gasteiger partial charge in [0, 0.05) is 38.2 Å². The Morgan fingerprint density at radius 3 is 2.75 bits per heavy atom. The third kappa shape index (κ3) is 4.25. The van der Waals surface area contributed by atoms with E-state index in [9.17, 15) is 23.3 Å². The Bertz CT molecular complexity index is 1520. The van der Waals surface area contributed by atoms with Gasteiger partial charge in [0.25, 0.3) is 0 Å². The number of ketones is 1. The monoisotopic (exact) mass is 505 g/mol. The molecule has 1 fully saturated rings. The molecule has 1 amide bonds.